The Morgan fingerprint density at radius 3 is 2.33 bits per heavy atom. The van der Waals surface area contributed by atoms with Gasteiger partial charge in [0.05, 0.1) is 22.6 Å². The number of hydrogen-bond acceptors (Lipinski definition) is 6. The quantitative estimate of drug-likeness (QED) is 0.422. The first-order chi connectivity index (χ1) is 9.83. The van der Waals surface area contributed by atoms with Gasteiger partial charge >= 0.3 is 0 Å². The Labute approximate surface area is 126 Å². The molecule has 2 rings (SSSR count). The van der Waals surface area contributed by atoms with Crippen LogP contribution in [0.15, 0.2) is 33.9 Å². The fourth-order valence-electron chi connectivity index (χ4n) is 1.33. The van der Waals surface area contributed by atoms with E-state index in [1.54, 1.807) is 0 Å². The zero-order valence-electron chi connectivity index (χ0n) is 10.1. The van der Waals surface area contributed by atoms with Crippen LogP contribution in [0.25, 0.3) is 0 Å². The van der Waals surface area contributed by atoms with Crippen molar-refractivity contribution in [3.63, 3.8) is 0 Å². The third-order valence-corrected chi connectivity index (χ3v) is 4.25. The third-order valence-electron chi connectivity index (χ3n) is 2.32. The van der Waals surface area contributed by atoms with Crippen LogP contribution in [0.4, 0.5) is 20.4 Å². The smallest absolute Gasteiger partial charge is 0.265 e. The highest BCUT2D eigenvalue weighted by atomic mass is 79.9. The number of nitrogen functional groups attached to an aromatic ring is 1. The van der Waals surface area contributed by atoms with Crippen molar-refractivity contribution >= 4 is 37.6 Å². The molecule has 0 atom stereocenters. The SMILES string of the molecule is NNc1ncc(S(=O)(=O)Nc2cc(Br)c(F)cc2F)cn1. The molecule has 0 aliphatic rings. The summed E-state index contributed by atoms with van der Waals surface area (Å²) in [6, 6.07) is 1.53. The van der Waals surface area contributed by atoms with Gasteiger partial charge in [0.2, 0.25) is 5.95 Å². The van der Waals surface area contributed by atoms with E-state index in [2.05, 4.69) is 31.3 Å². The third kappa shape index (κ3) is 3.43. The topological polar surface area (TPSA) is 110 Å². The number of nitrogens with zero attached hydrogens (tertiary/aromatic N) is 2. The molecular formula is C10H8BrF2N5O2S. The van der Waals surface area contributed by atoms with Crippen LogP contribution < -0.4 is 16.0 Å². The van der Waals surface area contributed by atoms with Crippen molar-refractivity contribution in [1.82, 2.24) is 9.97 Å². The van der Waals surface area contributed by atoms with Gasteiger partial charge in [-0.25, -0.2) is 33.0 Å². The van der Waals surface area contributed by atoms with Gasteiger partial charge in [0, 0.05) is 6.07 Å². The normalized spacial score (nSPS) is 11.2. The number of nitrogens with two attached hydrogens (primary N) is 1. The molecule has 0 saturated carbocycles. The van der Waals surface area contributed by atoms with E-state index < -0.39 is 27.3 Å². The Bertz CT molecular complexity index is 770. The number of sulfonamides is 1. The lowest BCUT2D eigenvalue weighted by Crippen LogP contribution is -2.16. The molecule has 2 aromatic rings. The van der Waals surface area contributed by atoms with Gasteiger partial charge in [-0.15, -0.1) is 0 Å². The first kappa shape index (κ1) is 15.5. The average Bonchev–Trinajstić information content (AvgIpc) is 2.44. The second-order valence-electron chi connectivity index (χ2n) is 3.74. The van der Waals surface area contributed by atoms with Gasteiger partial charge in [-0.2, -0.15) is 0 Å². The number of hydrazine groups is 1. The Morgan fingerprint density at radius 2 is 1.76 bits per heavy atom. The van der Waals surface area contributed by atoms with Crippen LogP contribution in [0.2, 0.25) is 0 Å². The molecule has 0 fully saturated rings. The molecule has 1 aromatic carbocycles. The number of anilines is 2. The summed E-state index contributed by atoms with van der Waals surface area (Å²) in [5.41, 5.74) is 1.72. The Hall–Kier alpha value is -1.85. The van der Waals surface area contributed by atoms with Crippen LogP contribution in [-0.4, -0.2) is 18.4 Å². The molecule has 0 aliphatic carbocycles. The first-order valence-electron chi connectivity index (χ1n) is 5.29. The summed E-state index contributed by atoms with van der Waals surface area (Å²) in [5.74, 6) is 3.17. The van der Waals surface area contributed by atoms with Gasteiger partial charge in [0.15, 0.2) is 0 Å². The van der Waals surface area contributed by atoms with Crippen molar-refractivity contribution in [2.45, 2.75) is 4.90 Å². The number of benzene rings is 1. The van der Waals surface area contributed by atoms with Crippen LogP contribution >= 0.6 is 15.9 Å². The maximum Gasteiger partial charge on any atom is 0.265 e. The lowest BCUT2D eigenvalue weighted by Gasteiger charge is -2.09. The summed E-state index contributed by atoms with van der Waals surface area (Å²) < 4.78 is 52.6. The van der Waals surface area contributed by atoms with E-state index in [4.69, 9.17) is 5.84 Å². The standard InChI is InChI=1S/C10H8BrF2N5O2S/c11-6-1-9(8(13)2-7(6)12)18-21(19,20)5-3-15-10(17-14)16-4-5/h1-4,18H,14H2,(H,15,16,17). The lowest BCUT2D eigenvalue weighted by atomic mass is 10.3. The highest BCUT2D eigenvalue weighted by Crippen LogP contribution is 2.25. The Kier molecular flexibility index (Phi) is 4.34. The van der Waals surface area contributed by atoms with Crippen LogP contribution in [0.5, 0.6) is 0 Å². The molecule has 0 bridgehead atoms. The van der Waals surface area contributed by atoms with Gasteiger partial charge in [-0.05, 0) is 22.0 Å². The molecule has 7 nitrogen and oxygen atoms in total. The zero-order chi connectivity index (χ0) is 15.6. The van der Waals surface area contributed by atoms with E-state index in [0.29, 0.717) is 6.07 Å². The van der Waals surface area contributed by atoms with Crippen molar-refractivity contribution in [1.29, 1.82) is 0 Å². The van der Waals surface area contributed by atoms with E-state index >= 15 is 0 Å². The maximum atomic E-state index is 13.5. The summed E-state index contributed by atoms with van der Waals surface area (Å²) in [4.78, 5) is 6.96. The molecule has 1 heterocycles. The van der Waals surface area contributed by atoms with Gasteiger partial charge in [-0.1, -0.05) is 0 Å². The summed E-state index contributed by atoms with van der Waals surface area (Å²) in [6.07, 6.45) is 1.97. The van der Waals surface area contributed by atoms with Gasteiger partial charge < -0.3 is 0 Å². The minimum absolute atomic E-state index is 0.0182. The Balaban J connectivity index is 2.34. The molecule has 21 heavy (non-hydrogen) atoms. The highest BCUT2D eigenvalue weighted by molar-refractivity contribution is 9.10. The van der Waals surface area contributed by atoms with Crippen molar-refractivity contribution in [3.05, 3.63) is 40.6 Å². The van der Waals surface area contributed by atoms with Gasteiger partial charge in [-0.3, -0.25) is 10.1 Å². The molecule has 112 valence electrons. The summed E-state index contributed by atoms with van der Waals surface area (Å²) >= 11 is 2.84. The van der Waals surface area contributed by atoms with Crippen molar-refractivity contribution < 1.29 is 17.2 Å². The van der Waals surface area contributed by atoms with Crippen LogP contribution in [0.3, 0.4) is 0 Å². The maximum absolute atomic E-state index is 13.5. The molecule has 1 aromatic heterocycles. The molecule has 0 spiro atoms. The highest BCUT2D eigenvalue weighted by Gasteiger charge is 2.18. The zero-order valence-corrected chi connectivity index (χ0v) is 12.5. The predicted molar refractivity (Wildman–Crippen MR) is 74.7 cm³/mol. The van der Waals surface area contributed by atoms with E-state index in [0.717, 1.165) is 18.5 Å². The number of rotatable bonds is 4. The molecule has 0 aliphatic heterocycles. The molecule has 0 radical (unpaired) electrons. The summed E-state index contributed by atoms with van der Waals surface area (Å²) in [5, 5.41) is 0. The molecule has 0 saturated heterocycles. The number of nitrogens with one attached hydrogen (secondary N) is 2. The minimum atomic E-state index is -4.12. The van der Waals surface area contributed by atoms with Crippen molar-refractivity contribution in [2.75, 3.05) is 10.1 Å². The van der Waals surface area contributed by atoms with E-state index in [1.807, 2.05) is 4.72 Å². The van der Waals surface area contributed by atoms with Gasteiger partial charge in [0.1, 0.15) is 16.5 Å². The molecule has 4 N–H and O–H groups in total. The monoisotopic (exact) mass is 379 g/mol. The lowest BCUT2D eigenvalue weighted by molar-refractivity contribution is 0.579. The number of aromatic nitrogens is 2. The van der Waals surface area contributed by atoms with E-state index in [9.17, 15) is 17.2 Å². The molecule has 11 heteroatoms. The molecular weight excluding hydrogens is 372 g/mol. The second kappa shape index (κ2) is 5.87. The fourth-order valence-corrected chi connectivity index (χ4v) is 2.62. The second-order valence-corrected chi connectivity index (χ2v) is 6.28. The molecule has 0 amide bonds. The summed E-state index contributed by atoms with van der Waals surface area (Å²) in [7, 11) is -4.12. The number of hydrogen-bond donors (Lipinski definition) is 3. The largest absolute Gasteiger partial charge is 0.292 e. The van der Waals surface area contributed by atoms with Gasteiger partial charge in [0.25, 0.3) is 10.0 Å². The minimum Gasteiger partial charge on any atom is -0.292 e. The van der Waals surface area contributed by atoms with E-state index in [-0.39, 0.29) is 15.3 Å². The fraction of sp³-hybridized carbons (Fsp3) is 0. The van der Waals surface area contributed by atoms with Crippen LogP contribution in [0, 0.1) is 11.6 Å². The van der Waals surface area contributed by atoms with Crippen molar-refractivity contribution in [3.8, 4) is 0 Å². The Morgan fingerprint density at radius 1 is 1.14 bits per heavy atom. The molecule has 0 unspecified atom stereocenters. The number of halogens is 3. The van der Waals surface area contributed by atoms with Crippen molar-refractivity contribution in [2.24, 2.45) is 5.84 Å². The average molecular weight is 380 g/mol. The first-order valence-corrected chi connectivity index (χ1v) is 7.57. The summed E-state index contributed by atoms with van der Waals surface area (Å²) in [6.45, 7) is 0. The van der Waals surface area contributed by atoms with Crippen LogP contribution in [0.1, 0.15) is 0 Å². The van der Waals surface area contributed by atoms with Crippen LogP contribution in [-0.2, 0) is 10.0 Å². The predicted octanol–water partition coefficient (Wildman–Crippen LogP) is 1.60. The van der Waals surface area contributed by atoms with E-state index in [1.165, 1.54) is 0 Å².